The van der Waals surface area contributed by atoms with Crippen molar-refractivity contribution in [2.45, 2.75) is 39.5 Å². The van der Waals surface area contributed by atoms with Gasteiger partial charge >= 0.3 is 5.97 Å². The van der Waals surface area contributed by atoms with Crippen LogP contribution in [0, 0.1) is 0 Å². The summed E-state index contributed by atoms with van der Waals surface area (Å²) in [6.07, 6.45) is 5.00. The molecule has 0 aromatic carbocycles. The second-order valence-electron chi connectivity index (χ2n) is 4.02. The first-order chi connectivity index (χ1) is 8.72. The van der Waals surface area contributed by atoms with Crippen LogP contribution in [0.1, 0.15) is 45.1 Å². The first-order valence-corrected chi connectivity index (χ1v) is 6.47. The minimum absolute atomic E-state index is 0.200. The summed E-state index contributed by atoms with van der Waals surface area (Å²) in [6.45, 7) is 6.87. The Hall–Kier alpha value is -1.58. The number of rotatable bonds is 7. The molecule has 1 rings (SSSR count). The van der Waals surface area contributed by atoms with Crippen LogP contribution in [-0.4, -0.2) is 24.2 Å². The Balaban J connectivity index is 2.82. The molecule has 0 aliphatic rings. The summed E-state index contributed by atoms with van der Waals surface area (Å²) in [5.41, 5.74) is 0.851. The molecule has 0 N–H and O–H groups in total. The highest BCUT2D eigenvalue weighted by Crippen LogP contribution is 2.23. The van der Waals surface area contributed by atoms with Crippen LogP contribution in [-0.2, 0) is 9.53 Å². The summed E-state index contributed by atoms with van der Waals surface area (Å²) < 4.78 is 10.6. The molecule has 1 heterocycles. The van der Waals surface area contributed by atoms with Gasteiger partial charge in [0.25, 0.3) is 0 Å². The zero-order valence-corrected chi connectivity index (χ0v) is 11.3. The summed E-state index contributed by atoms with van der Waals surface area (Å²) in [5, 5.41) is 0. The van der Waals surface area contributed by atoms with Gasteiger partial charge in [-0.05, 0) is 31.4 Å². The van der Waals surface area contributed by atoms with E-state index >= 15 is 0 Å². The van der Waals surface area contributed by atoms with Gasteiger partial charge in [0.2, 0.25) is 0 Å². The van der Waals surface area contributed by atoms with E-state index in [9.17, 15) is 4.79 Å². The zero-order valence-electron chi connectivity index (χ0n) is 11.3. The Morgan fingerprint density at radius 3 is 2.72 bits per heavy atom. The maximum atomic E-state index is 11.8. The number of esters is 1. The van der Waals surface area contributed by atoms with Crippen molar-refractivity contribution >= 4 is 5.97 Å². The number of carbonyl (C=O) groups is 1. The summed E-state index contributed by atoms with van der Waals surface area (Å²) in [6, 6.07) is 1.87. The monoisotopic (exact) mass is 251 g/mol. The second kappa shape index (κ2) is 7.69. The van der Waals surface area contributed by atoms with Crippen LogP contribution >= 0.6 is 0 Å². The number of nitrogens with zero attached hydrogens (tertiary/aromatic N) is 1. The number of hydrogen-bond acceptors (Lipinski definition) is 4. The minimum Gasteiger partial charge on any atom is -0.492 e. The molecule has 18 heavy (non-hydrogen) atoms. The summed E-state index contributed by atoms with van der Waals surface area (Å²) in [4.78, 5) is 15.9. The van der Waals surface area contributed by atoms with Crippen LogP contribution in [0.15, 0.2) is 18.5 Å². The molecule has 4 nitrogen and oxygen atoms in total. The summed E-state index contributed by atoms with van der Waals surface area (Å²) in [5.74, 6) is 0.245. The second-order valence-corrected chi connectivity index (χ2v) is 4.02. The van der Waals surface area contributed by atoms with Gasteiger partial charge in [0.1, 0.15) is 5.75 Å². The topological polar surface area (TPSA) is 48.4 Å². The quantitative estimate of drug-likeness (QED) is 0.699. The van der Waals surface area contributed by atoms with E-state index < -0.39 is 0 Å². The number of carbonyl (C=O) groups excluding carboxylic acids is 1. The maximum Gasteiger partial charge on any atom is 0.313 e. The molecule has 100 valence electrons. The Bertz CT molecular complexity index is 379. The van der Waals surface area contributed by atoms with Crippen molar-refractivity contribution in [3.8, 4) is 5.75 Å². The van der Waals surface area contributed by atoms with Crippen LogP contribution in [0.2, 0.25) is 0 Å². The number of hydrogen-bond donors (Lipinski definition) is 0. The molecular weight excluding hydrogens is 230 g/mol. The molecule has 0 aliphatic carbocycles. The average molecular weight is 251 g/mol. The van der Waals surface area contributed by atoms with Crippen molar-refractivity contribution in [3.05, 3.63) is 24.0 Å². The Morgan fingerprint density at radius 2 is 2.11 bits per heavy atom. The van der Waals surface area contributed by atoms with E-state index in [-0.39, 0.29) is 11.9 Å². The Kier molecular flexibility index (Phi) is 6.19. The first kappa shape index (κ1) is 14.5. The standard InChI is InChI=1S/C14H21NO3/c1-4-7-18-12-8-11(9-15-10-12)13(5-2)14(16)17-6-3/h8-10,13H,4-7H2,1-3H3. The van der Waals surface area contributed by atoms with Crippen molar-refractivity contribution in [3.63, 3.8) is 0 Å². The van der Waals surface area contributed by atoms with E-state index in [1.165, 1.54) is 0 Å². The summed E-state index contributed by atoms with van der Waals surface area (Å²) in [7, 11) is 0. The highest BCUT2D eigenvalue weighted by Gasteiger charge is 2.20. The smallest absolute Gasteiger partial charge is 0.313 e. The molecule has 0 saturated carbocycles. The van der Waals surface area contributed by atoms with Crippen LogP contribution in [0.4, 0.5) is 0 Å². The number of aromatic nitrogens is 1. The van der Waals surface area contributed by atoms with E-state index in [0.717, 1.165) is 12.0 Å². The fourth-order valence-electron chi connectivity index (χ4n) is 1.71. The van der Waals surface area contributed by atoms with Gasteiger partial charge in [-0.15, -0.1) is 0 Å². The molecule has 4 heteroatoms. The van der Waals surface area contributed by atoms with Crippen molar-refractivity contribution in [1.29, 1.82) is 0 Å². The highest BCUT2D eigenvalue weighted by atomic mass is 16.5. The largest absolute Gasteiger partial charge is 0.492 e. The normalized spacial score (nSPS) is 11.9. The predicted molar refractivity (Wildman–Crippen MR) is 69.7 cm³/mol. The third-order valence-corrected chi connectivity index (χ3v) is 2.59. The van der Waals surface area contributed by atoms with E-state index in [4.69, 9.17) is 9.47 Å². The fourth-order valence-corrected chi connectivity index (χ4v) is 1.71. The van der Waals surface area contributed by atoms with Crippen LogP contribution in [0.3, 0.4) is 0 Å². The predicted octanol–water partition coefficient (Wildman–Crippen LogP) is 2.93. The van der Waals surface area contributed by atoms with Gasteiger partial charge in [-0.3, -0.25) is 9.78 Å². The molecule has 0 bridgehead atoms. The third-order valence-electron chi connectivity index (χ3n) is 2.59. The van der Waals surface area contributed by atoms with Gasteiger partial charge in [-0.2, -0.15) is 0 Å². The molecule has 0 saturated heterocycles. The molecular formula is C14H21NO3. The highest BCUT2D eigenvalue weighted by molar-refractivity contribution is 5.78. The molecule has 0 radical (unpaired) electrons. The van der Waals surface area contributed by atoms with Crippen molar-refractivity contribution < 1.29 is 14.3 Å². The third kappa shape index (κ3) is 4.02. The van der Waals surface area contributed by atoms with Crippen molar-refractivity contribution in [2.24, 2.45) is 0 Å². The molecule has 0 spiro atoms. The van der Waals surface area contributed by atoms with E-state index in [1.807, 2.05) is 26.8 Å². The van der Waals surface area contributed by atoms with Crippen LogP contribution < -0.4 is 4.74 Å². The molecule has 1 aromatic rings. The van der Waals surface area contributed by atoms with E-state index in [1.54, 1.807) is 12.4 Å². The molecule has 1 atom stereocenters. The zero-order chi connectivity index (χ0) is 13.4. The number of pyridine rings is 1. The minimum atomic E-state index is -0.261. The van der Waals surface area contributed by atoms with Crippen molar-refractivity contribution in [2.75, 3.05) is 13.2 Å². The molecule has 1 aromatic heterocycles. The Labute approximate surface area is 108 Å². The summed E-state index contributed by atoms with van der Waals surface area (Å²) >= 11 is 0. The molecule has 0 aliphatic heterocycles. The van der Waals surface area contributed by atoms with Gasteiger partial charge in [0.05, 0.1) is 25.3 Å². The molecule has 0 amide bonds. The lowest BCUT2D eigenvalue weighted by Gasteiger charge is -2.14. The van der Waals surface area contributed by atoms with Crippen LogP contribution in [0.25, 0.3) is 0 Å². The van der Waals surface area contributed by atoms with Crippen LogP contribution in [0.5, 0.6) is 5.75 Å². The van der Waals surface area contributed by atoms with Gasteiger partial charge < -0.3 is 9.47 Å². The van der Waals surface area contributed by atoms with Gasteiger partial charge in [-0.25, -0.2) is 0 Å². The van der Waals surface area contributed by atoms with Gasteiger partial charge in [0.15, 0.2) is 0 Å². The van der Waals surface area contributed by atoms with Gasteiger partial charge in [0, 0.05) is 6.20 Å². The fraction of sp³-hybridized carbons (Fsp3) is 0.571. The van der Waals surface area contributed by atoms with Gasteiger partial charge in [-0.1, -0.05) is 13.8 Å². The van der Waals surface area contributed by atoms with E-state index in [0.29, 0.717) is 25.4 Å². The maximum absolute atomic E-state index is 11.8. The molecule has 1 unspecified atom stereocenters. The average Bonchev–Trinajstić information content (AvgIpc) is 2.38. The lowest BCUT2D eigenvalue weighted by atomic mass is 9.98. The molecule has 0 fully saturated rings. The SMILES string of the molecule is CCCOc1cncc(C(CC)C(=O)OCC)c1. The lowest BCUT2D eigenvalue weighted by Crippen LogP contribution is -2.15. The van der Waals surface area contributed by atoms with E-state index in [2.05, 4.69) is 4.98 Å². The first-order valence-electron chi connectivity index (χ1n) is 6.47. The number of ether oxygens (including phenoxy) is 2. The Morgan fingerprint density at radius 1 is 1.33 bits per heavy atom. The van der Waals surface area contributed by atoms with Crippen molar-refractivity contribution in [1.82, 2.24) is 4.98 Å². The lowest BCUT2D eigenvalue weighted by molar-refractivity contribution is -0.145.